The Morgan fingerprint density at radius 2 is 2.10 bits per heavy atom. The van der Waals surface area contributed by atoms with Gasteiger partial charge in [-0.1, -0.05) is 0 Å². The first-order valence-electron chi connectivity index (χ1n) is 6.15. The third-order valence-electron chi connectivity index (χ3n) is 2.71. The molecule has 110 valence electrons. The Labute approximate surface area is 127 Å². The summed E-state index contributed by atoms with van der Waals surface area (Å²) >= 11 is 3.04. The number of rotatable bonds is 6. The van der Waals surface area contributed by atoms with E-state index in [-0.39, 0.29) is 17.9 Å². The molecule has 0 amide bonds. The first-order chi connectivity index (χ1) is 9.25. The summed E-state index contributed by atoms with van der Waals surface area (Å²) < 4.78 is 24.0. The van der Waals surface area contributed by atoms with Crippen LogP contribution in [0.4, 0.5) is 0 Å². The van der Waals surface area contributed by atoms with Crippen LogP contribution in [0.2, 0.25) is 0 Å². The van der Waals surface area contributed by atoms with Gasteiger partial charge in [-0.25, -0.2) is 13.4 Å². The molecule has 0 aliphatic carbocycles. The molecule has 0 atom stereocenters. The number of hydrogen-bond acceptors (Lipinski definition) is 6. The smallest absolute Gasteiger partial charge is 0.156 e. The summed E-state index contributed by atoms with van der Waals surface area (Å²) in [4.78, 5) is 4.37. The van der Waals surface area contributed by atoms with E-state index in [4.69, 9.17) is 0 Å². The van der Waals surface area contributed by atoms with Crippen LogP contribution in [0.25, 0.3) is 10.6 Å². The average molecular weight is 331 g/mol. The second-order valence-electron chi connectivity index (χ2n) is 5.31. The van der Waals surface area contributed by atoms with Gasteiger partial charge in [0.2, 0.25) is 0 Å². The molecule has 4 nitrogen and oxygen atoms in total. The van der Waals surface area contributed by atoms with E-state index in [1.807, 2.05) is 16.8 Å². The number of nitrogens with zero attached hydrogens (tertiary/aromatic N) is 1. The lowest BCUT2D eigenvalue weighted by atomic mass is 10.1. The predicted octanol–water partition coefficient (Wildman–Crippen LogP) is 2.95. The van der Waals surface area contributed by atoms with Gasteiger partial charge in [-0.2, -0.15) is 11.3 Å². The fraction of sp³-hybridized carbons (Fsp3) is 0.462. The van der Waals surface area contributed by atoms with Crippen molar-refractivity contribution >= 4 is 32.5 Å². The van der Waals surface area contributed by atoms with Crippen molar-refractivity contribution in [3.63, 3.8) is 0 Å². The van der Waals surface area contributed by atoms with E-state index in [1.54, 1.807) is 30.6 Å². The van der Waals surface area contributed by atoms with Gasteiger partial charge >= 0.3 is 0 Å². The van der Waals surface area contributed by atoms with Crippen LogP contribution in [-0.2, 0) is 15.6 Å². The Morgan fingerprint density at radius 1 is 1.35 bits per heavy atom. The van der Waals surface area contributed by atoms with Crippen molar-refractivity contribution in [1.82, 2.24) is 4.98 Å². The molecule has 0 fully saturated rings. The minimum atomic E-state index is -3.24. The molecule has 2 aromatic rings. The average Bonchev–Trinajstić information content (AvgIpc) is 2.95. The number of hydrogen-bond donors (Lipinski definition) is 1. The van der Waals surface area contributed by atoms with Crippen molar-refractivity contribution < 1.29 is 13.5 Å². The molecule has 0 saturated carbocycles. The minimum absolute atomic E-state index is 0.0260. The first-order valence-corrected chi connectivity index (χ1v) is 9.79. The maximum absolute atomic E-state index is 12.0. The van der Waals surface area contributed by atoms with Crippen molar-refractivity contribution in [2.45, 2.75) is 31.6 Å². The highest BCUT2D eigenvalue weighted by Gasteiger charge is 2.20. The van der Waals surface area contributed by atoms with Crippen LogP contribution in [0.15, 0.2) is 22.2 Å². The fourth-order valence-corrected chi connectivity index (χ4v) is 4.79. The molecule has 0 radical (unpaired) electrons. The van der Waals surface area contributed by atoms with Gasteiger partial charge in [0.25, 0.3) is 0 Å². The predicted molar refractivity (Wildman–Crippen MR) is 83.8 cm³/mol. The molecule has 0 saturated heterocycles. The van der Waals surface area contributed by atoms with Crippen LogP contribution in [0.5, 0.6) is 0 Å². The van der Waals surface area contributed by atoms with Crippen LogP contribution < -0.4 is 0 Å². The summed E-state index contributed by atoms with van der Waals surface area (Å²) in [6.07, 6.45) is 0.233. The third-order valence-corrected chi connectivity index (χ3v) is 5.90. The SMILES string of the molecule is CC(C)(O)CCS(=O)(=O)Cc1csc(-c2ccsc2)n1. The van der Waals surface area contributed by atoms with Gasteiger partial charge in [0, 0.05) is 16.3 Å². The van der Waals surface area contributed by atoms with E-state index in [9.17, 15) is 13.5 Å². The number of aromatic nitrogens is 1. The van der Waals surface area contributed by atoms with E-state index in [1.165, 1.54) is 11.3 Å². The highest BCUT2D eigenvalue weighted by atomic mass is 32.2. The second kappa shape index (κ2) is 5.93. The molecule has 1 N–H and O–H groups in total. The molecular formula is C13H17NO3S3. The van der Waals surface area contributed by atoms with Crippen molar-refractivity contribution in [1.29, 1.82) is 0 Å². The van der Waals surface area contributed by atoms with Gasteiger partial charge in [-0.05, 0) is 31.7 Å². The summed E-state index contributed by atoms with van der Waals surface area (Å²) in [6, 6.07) is 1.97. The van der Waals surface area contributed by atoms with Crippen LogP contribution in [0.1, 0.15) is 26.0 Å². The Kier molecular flexibility index (Phi) is 4.63. The summed E-state index contributed by atoms with van der Waals surface area (Å²) in [5.41, 5.74) is 0.642. The molecular weight excluding hydrogens is 314 g/mol. The molecule has 7 heteroatoms. The van der Waals surface area contributed by atoms with Crippen molar-refractivity contribution in [2.75, 3.05) is 5.75 Å². The quantitative estimate of drug-likeness (QED) is 0.884. The zero-order chi connectivity index (χ0) is 14.8. The van der Waals surface area contributed by atoms with Crippen LogP contribution >= 0.6 is 22.7 Å². The van der Waals surface area contributed by atoms with Crippen molar-refractivity contribution in [3.05, 3.63) is 27.9 Å². The maximum atomic E-state index is 12.0. The van der Waals surface area contributed by atoms with Gasteiger partial charge in [0.05, 0.1) is 22.8 Å². The summed E-state index contributed by atoms with van der Waals surface area (Å²) in [5, 5.41) is 16.2. The zero-order valence-corrected chi connectivity index (χ0v) is 13.8. The highest BCUT2D eigenvalue weighted by Crippen LogP contribution is 2.26. The van der Waals surface area contributed by atoms with Crippen LogP contribution in [0, 0.1) is 0 Å². The maximum Gasteiger partial charge on any atom is 0.156 e. The van der Waals surface area contributed by atoms with Crippen molar-refractivity contribution in [2.24, 2.45) is 0 Å². The molecule has 0 aliphatic heterocycles. The lowest BCUT2D eigenvalue weighted by Crippen LogP contribution is -2.24. The standard InChI is InChI=1S/C13H17NO3S3/c1-13(2,15)4-6-20(16,17)9-11-8-19-12(14-11)10-3-5-18-7-10/h3,5,7-8,15H,4,6,9H2,1-2H3. The molecule has 0 aromatic carbocycles. The number of aliphatic hydroxyl groups is 1. The molecule has 2 aromatic heterocycles. The van der Waals surface area contributed by atoms with E-state index in [0.717, 1.165) is 10.6 Å². The van der Waals surface area contributed by atoms with E-state index < -0.39 is 15.4 Å². The molecule has 0 unspecified atom stereocenters. The molecule has 2 heterocycles. The number of thiophene rings is 1. The van der Waals surface area contributed by atoms with Crippen molar-refractivity contribution in [3.8, 4) is 10.6 Å². The van der Waals surface area contributed by atoms with E-state index in [0.29, 0.717) is 5.69 Å². The topological polar surface area (TPSA) is 67.3 Å². The largest absolute Gasteiger partial charge is 0.390 e. The summed E-state index contributed by atoms with van der Waals surface area (Å²) in [7, 11) is -3.24. The Hall–Kier alpha value is -0.760. The lowest BCUT2D eigenvalue weighted by molar-refractivity contribution is 0.0772. The Bertz CT molecular complexity index is 651. The lowest BCUT2D eigenvalue weighted by Gasteiger charge is -2.16. The van der Waals surface area contributed by atoms with Gasteiger partial charge in [0.1, 0.15) is 5.01 Å². The summed E-state index contributed by atoms with van der Waals surface area (Å²) in [6.45, 7) is 3.22. The zero-order valence-electron chi connectivity index (χ0n) is 11.4. The molecule has 2 rings (SSSR count). The van der Waals surface area contributed by atoms with Gasteiger partial charge in [-0.15, -0.1) is 11.3 Å². The molecule has 20 heavy (non-hydrogen) atoms. The monoisotopic (exact) mass is 331 g/mol. The number of thiazole rings is 1. The third kappa shape index (κ3) is 4.66. The summed E-state index contributed by atoms with van der Waals surface area (Å²) in [5.74, 6) is -0.0917. The normalized spacial score (nSPS) is 12.8. The van der Waals surface area contributed by atoms with Gasteiger partial charge < -0.3 is 5.11 Å². The van der Waals surface area contributed by atoms with Crippen LogP contribution in [0.3, 0.4) is 0 Å². The highest BCUT2D eigenvalue weighted by molar-refractivity contribution is 7.90. The Balaban J connectivity index is 2.03. The van der Waals surface area contributed by atoms with Gasteiger partial charge in [0.15, 0.2) is 9.84 Å². The number of sulfone groups is 1. The molecule has 0 bridgehead atoms. The molecule has 0 aliphatic rings. The van der Waals surface area contributed by atoms with Crippen LogP contribution in [-0.4, -0.2) is 29.9 Å². The first kappa shape index (κ1) is 15.6. The van der Waals surface area contributed by atoms with E-state index in [2.05, 4.69) is 4.98 Å². The fourth-order valence-electron chi connectivity index (χ4n) is 1.59. The second-order valence-corrected chi connectivity index (χ2v) is 9.13. The Morgan fingerprint density at radius 3 is 2.70 bits per heavy atom. The molecule has 0 spiro atoms. The van der Waals surface area contributed by atoms with E-state index >= 15 is 0 Å². The minimum Gasteiger partial charge on any atom is -0.390 e. The van der Waals surface area contributed by atoms with Gasteiger partial charge in [-0.3, -0.25) is 0 Å².